The van der Waals surface area contributed by atoms with Crippen molar-refractivity contribution in [3.63, 3.8) is 0 Å². The second kappa shape index (κ2) is 26.5. The highest BCUT2D eigenvalue weighted by Crippen LogP contribution is 2.22. The van der Waals surface area contributed by atoms with Crippen molar-refractivity contribution < 1.29 is 0 Å². The van der Waals surface area contributed by atoms with Gasteiger partial charge in [-0.25, -0.2) is 0 Å². The monoisotopic (exact) mass is 614 g/mol. The van der Waals surface area contributed by atoms with Crippen LogP contribution in [0.3, 0.4) is 0 Å². The van der Waals surface area contributed by atoms with Gasteiger partial charge < -0.3 is 9.13 Å². The number of hydrogen-bond donors (Lipinski definition) is 0. The van der Waals surface area contributed by atoms with Gasteiger partial charge in [0.05, 0.1) is 0 Å². The Kier molecular flexibility index (Phi) is 33.1. The van der Waals surface area contributed by atoms with Gasteiger partial charge in [-0.05, 0) is 37.6 Å². The highest BCUT2D eigenvalue weighted by molar-refractivity contribution is 15.0. The van der Waals surface area contributed by atoms with E-state index in [9.17, 15) is 0 Å². The molecule has 2 nitrogen and oxygen atoms in total. The largest absolute Gasteiger partial charge is 0.357 e. The van der Waals surface area contributed by atoms with Crippen LogP contribution < -0.4 is 0 Å². The van der Waals surface area contributed by atoms with E-state index in [1.165, 1.54) is 22.2 Å². The van der Waals surface area contributed by atoms with E-state index in [1.54, 1.807) is 0 Å². The first-order chi connectivity index (χ1) is 13.6. The van der Waals surface area contributed by atoms with Gasteiger partial charge in [-0.3, -0.25) is 0 Å². The number of rotatable bonds is 0. The Morgan fingerprint density at radius 1 is 0.643 bits per heavy atom. The first-order valence-corrected chi connectivity index (χ1v) is 16.6. The van der Waals surface area contributed by atoms with Gasteiger partial charge in [0.15, 0.2) is 0 Å². The third-order valence-electron chi connectivity index (χ3n) is 3.47. The van der Waals surface area contributed by atoms with Crippen molar-refractivity contribution in [1.82, 2.24) is 9.13 Å². The van der Waals surface area contributed by atoms with Crippen LogP contribution in [0.5, 0.6) is 0 Å². The number of fused-ring (bicyclic) bond motifs is 1. The molecule has 0 aliphatic carbocycles. The summed E-state index contributed by atoms with van der Waals surface area (Å²) in [7, 11) is 4.12. The van der Waals surface area contributed by atoms with Gasteiger partial charge >= 0.3 is 0 Å². The molecule has 0 N–H and O–H groups in total. The summed E-state index contributed by atoms with van der Waals surface area (Å²) in [6.07, 6.45) is 4.00. The van der Waals surface area contributed by atoms with E-state index in [0.717, 1.165) is 0 Å². The van der Waals surface area contributed by atoms with Crippen LogP contribution in [0.4, 0.5) is 0 Å². The lowest BCUT2D eigenvalue weighted by atomic mass is 10.2. The molecule has 0 saturated heterocycles. The van der Waals surface area contributed by atoms with Crippen molar-refractivity contribution in [2.24, 2.45) is 14.1 Å². The lowest BCUT2D eigenvalue weighted by Gasteiger charge is -1.96. The zero-order valence-corrected chi connectivity index (χ0v) is 24.6. The second-order valence-corrected chi connectivity index (χ2v) is 4.64. The van der Waals surface area contributed by atoms with Gasteiger partial charge in [-0.1, -0.05) is 73.6 Å². The first-order valence-electron chi connectivity index (χ1n) is 10.3. The maximum atomic E-state index is 2.24. The number of aromatic nitrogens is 2. The summed E-state index contributed by atoms with van der Waals surface area (Å²) >= 11 is 4.24. The van der Waals surface area contributed by atoms with Crippen LogP contribution in [0, 0.1) is 13.8 Å². The number of aryl methyl sites for hydroxylation is 3. The number of hydrogen-bond acceptors (Lipinski definition) is 0. The lowest BCUT2D eigenvalue weighted by Crippen LogP contribution is -1.89. The maximum absolute atomic E-state index is 2.24. The topological polar surface area (TPSA) is 9.86 Å². The van der Waals surface area contributed by atoms with E-state index < -0.39 is 0 Å². The molecule has 1 aromatic carbocycles. The predicted octanol–water partition coefficient (Wildman–Crippen LogP) is 9.70. The van der Waals surface area contributed by atoms with Crippen LogP contribution in [0.25, 0.3) is 10.9 Å². The second-order valence-electron chi connectivity index (χ2n) is 4.64. The molecule has 3 aromatic rings. The summed E-state index contributed by atoms with van der Waals surface area (Å²) in [5.41, 5.74) is 4.08. The molecule has 0 bridgehead atoms. The van der Waals surface area contributed by atoms with Crippen LogP contribution in [-0.4, -0.2) is 9.13 Å². The number of nitrogens with zero attached hydrogens (tertiary/aromatic N) is 2. The Bertz CT molecular complexity index is 603. The molecule has 2 aromatic heterocycles. The van der Waals surface area contributed by atoms with Crippen LogP contribution in [0.15, 0.2) is 48.8 Å². The summed E-state index contributed by atoms with van der Waals surface area (Å²) in [6.45, 7) is 20.3. The van der Waals surface area contributed by atoms with Crippen LogP contribution in [0.1, 0.15) is 66.6 Å². The zero-order valence-electron chi connectivity index (χ0n) is 20.3. The van der Waals surface area contributed by atoms with Gasteiger partial charge in [-0.15, -0.1) is 0 Å². The fraction of sp³-hybridized carbons (Fsp3) is 0.500. The smallest absolute Gasteiger partial charge is 0.0482 e. The summed E-state index contributed by atoms with van der Waals surface area (Å²) in [4.78, 5) is 0. The summed E-state index contributed by atoms with van der Waals surface area (Å²) in [5.74, 6) is 0. The molecule has 0 aliphatic heterocycles. The fourth-order valence-electron chi connectivity index (χ4n) is 2.13. The van der Waals surface area contributed by atoms with Crippen molar-refractivity contribution in [3.8, 4) is 0 Å². The van der Waals surface area contributed by atoms with Gasteiger partial charge in [0, 0.05) is 80.3 Å². The average Bonchev–Trinajstić information content (AvgIpc) is 3.37. The standard InChI is InChI=1S/C11H13N.C5H7N.4C2H6.I2/c1-8-9(2)12(3)11-7-5-4-6-10(8)11;1-6-4-2-3-5-6;5*1-2/h4-7H,1-3H3;2-5H,1H3;4*1-2H3;. The highest BCUT2D eigenvalue weighted by atomic mass is 128. The molecular weight excluding hydrogens is 570 g/mol. The molecule has 0 unspecified atom stereocenters. The Morgan fingerprint density at radius 2 is 1.04 bits per heavy atom. The average molecular weight is 614 g/mol. The van der Waals surface area contributed by atoms with Crippen molar-refractivity contribution >= 4 is 48.1 Å². The molecule has 164 valence electrons. The minimum atomic E-state index is 1.33. The third kappa shape index (κ3) is 13.6. The van der Waals surface area contributed by atoms with E-state index in [4.69, 9.17) is 0 Å². The summed E-state index contributed by atoms with van der Waals surface area (Å²) < 4.78 is 4.24. The first kappa shape index (κ1) is 35.0. The number of halogens is 2. The van der Waals surface area contributed by atoms with Crippen molar-refractivity contribution in [2.75, 3.05) is 0 Å². The normalized spacial score (nSPS) is 7.64. The molecule has 0 fully saturated rings. The SMILES string of the molecule is CC.CC.CC.CC.Cc1c(C)n(C)c2ccccc12.Cn1cccc1.II. The summed E-state index contributed by atoms with van der Waals surface area (Å²) in [5, 5.41) is 1.37. The highest BCUT2D eigenvalue weighted by Gasteiger charge is 2.05. The molecule has 28 heavy (non-hydrogen) atoms. The molecule has 0 spiro atoms. The minimum Gasteiger partial charge on any atom is -0.357 e. The maximum Gasteiger partial charge on any atom is 0.0482 e. The molecule has 2 heterocycles. The van der Waals surface area contributed by atoms with E-state index in [2.05, 4.69) is 87.0 Å². The molecule has 0 atom stereocenters. The molecule has 0 radical (unpaired) electrons. The molecule has 0 aliphatic rings. The molecular formula is C24H44I2N2. The molecule has 0 amide bonds. The van der Waals surface area contributed by atoms with Crippen LogP contribution in [0.2, 0.25) is 0 Å². The van der Waals surface area contributed by atoms with Gasteiger partial charge in [-0.2, -0.15) is 0 Å². The predicted molar refractivity (Wildman–Crippen MR) is 151 cm³/mol. The van der Waals surface area contributed by atoms with E-state index in [-0.39, 0.29) is 0 Å². The van der Waals surface area contributed by atoms with E-state index in [1.807, 2.05) is 91.5 Å². The van der Waals surface area contributed by atoms with Crippen molar-refractivity contribution in [1.29, 1.82) is 0 Å². The Hall–Kier alpha value is -0.500. The quantitative estimate of drug-likeness (QED) is 0.223. The summed E-state index contributed by atoms with van der Waals surface area (Å²) in [6, 6.07) is 12.5. The van der Waals surface area contributed by atoms with Gasteiger partial charge in [0.25, 0.3) is 0 Å². The van der Waals surface area contributed by atoms with Gasteiger partial charge in [0.1, 0.15) is 0 Å². The fourth-order valence-corrected chi connectivity index (χ4v) is 2.13. The van der Waals surface area contributed by atoms with Crippen molar-refractivity contribution in [2.45, 2.75) is 69.2 Å². The van der Waals surface area contributed by atoms with Gasteiger partial charge in [0.2, 0.25) is 0 Å². The third-order valence-corrected chi connectivity index (χ3v) is 3.47. The minimum absolute atomic E-state index is 1.33. The van der Waals surface area contributed by atoms with Crippen LogP contribution >= 0.6 is 37.2 Å². The Labute approximate surface area is 199 Å². The Morgan fingerprint density at radius 3 is 1.36 bits per heavy atom. The number of para-hydroxylation sites is 1. The molecule has 4 heteroatoms. The lowest BCUT2D eigenvalue weighted by molar-refractivity contribution is 0.910. The number of benzene rings is 1. The van der Waals surface area contributed by atoms with Crippen molar-refractivity contribution in [3.05, 3.63) is 60.0 Å². The van der Waals surface area contributed by atoms with E-state index in [0.29, 0.717) is 0 Å². The molecule has 0 saturated carbocycles. The Balaban J connectivity index is -0.000000153. The van der Waals surface area contributed by atoms with Crippen LogP contribution in [-0.2, 0) is 14.1 Å². The molecule has 3 rings (SSSR count). The van der Waals surface area contributed by atoms with E-state index >= 15 is 0 Å². The zero-order chi connectivity index (χ0) is 23.1.